The van der Waals surface area contributed by atoms with Crippen molar-refractivity contribution < 1.29 is 9.84 Å². The lowest BCUT2D eigenvalue weighted by Crippen LogP contribution is -2.23. The highest BCUT2D eigenvalue weighted by Crippen LogP contribution is 2.24. The molecule has 112 valence electrons. The summed E-state index contributed by atoms with van der Waals surface area (Å²) in [6.07, 6.45) is 1.01. The molecule has 1 aliphatic heterocycles. The normalized spacial score (nSPS) is 18.6. The van der Waals surface area contributed by atoms with Crippen molar-refractivity contribution >= 4 is 11.6 Å². The number of aliphatic hydroxyl groups is 1. The Hall–Kier alpha value is -1.40. The van der Waals surface area contributed by atoms with Gasteiger partial charge in [0.2, 0.25) is 0 Å². The highest BCUT2D eigenvalue weighted by molar-refractivity contribution is 5.50. The molecule has 1 atom stereocenters. The monoisotopic (exact) mass is 280 g/mol. The molecule has 6 heteroatoms. The molecule has 1 fully saturated rings. The van der Waals surface area contributed by atoms with Gasteiger partial charge in [-0.25, -0.2) is 9.97 Å². The van der Waals surface area contributed by atoms with Gasteiger partial charge in [0, 0.05) is 44.8 Å². The van der Waals surface area contributed by atoms with E-state index in [2.05, 4.69) is 20.2 Å². The van der Waals surface area contributed by atoms with Gasteiger partial charge >= 0.3 is 0 Å². The van der Waals surface area contributed by atoms with Crippen molar-refractivity contribution in [3.05, 3.63) is 11.9 Å². The highest BCUT2D eigenvalue weighted by atomic mass is 16.5. The standard InChI is InChI=1S/C14H24N4O2/c1-3-15-12-7-14(17-13(16-12)10-20-4-2)18-6-5-11(8-18)9-19/h7,11,19H,3-6,8-10H2,1-2H3,(H,15,16,17). The van der Waals surface area contributed by atoms with Crippen molar-refractivity contribution in [2.24, 2.45) is 5.92 Å². The van der Waals surface area contributed by atoms with E-state index in [4.69, 9.17) is 4.74 Å². The third-order valence-corrected chi connectivity index (χ3v) is 3.42. The van der Waals surface area contributed by atoms with Gasteiger partial charge < -0.3 is 20.1 Å². The van der Waals surface area contributed by atoms with Crippen LogP contribution in [-0.4, -0.2) is 47.9 Å². The van der Waals surface area contributed by atoms with Gasteiger partial charge in [-0.3, -0.25) is 0 Å². The number of rotatable bonds is 7. The topological polar surface area (TPSA) is 70.5 Å². The van der Waals surface area contributed by atoms with Crippen LogP contribution >= 0.6 is 0 Å². The maximum absolute atomic E-state index is 9.25. The number of nitrogens with one attached hydrogen (secondary N) is 1. The smallest absolute Gasteiger partial charge is 0.158 e. The van der Waals surface area contributed by atoms with Crippen LogP contribution in [0.1, 0.15) is 26.1 Å². The molecule has 1 unspecified atom stereocenters. The largest absolute Gasteiger partial charge is 0.396 e. The Balaban J connectivity index is 2.15. The molecule has 1 aromatic heterocycles. The Morgan fingerprint density at radius 3 is 2.95 bits per heavy atom. The van der Waals surface area contributed by atoms with Crippen molar-refractivity contribution in [1.82, 2.24) is 9.97 Å². The van der Waals surface area contributed by atoms with Crippen molar-refractivity contribution in [3.63, 3.8) is 0 Å². The third-order valence-electron chi connectivity index (χ3n) is 3.42. The Morgan fingerprint density at radius 1 is 1.45 bits per heavy atom. The lowest BCUT2D eigenvalue weighted by Gasteiger charge is -2.19. The number of anilines is 2. The van der Waals surface area contributed by atoms with Gasteiger partial charge in [0.25, 0.3) is 0 Å². The average Bonchev–Trinajstić information content (AvgIpc) is 2.94. The fraction of sp³-hybridized carbons (Fsp3) is 0.714. The quantitative estimate of drug-likeness (QED) is 0.783. The minimum atomic E-state index is 0.244. The van der Waals surface area contributed by atoms with E-state index < -0.39 is 0 Å². The van der Waals surface area contributed by atoms with E-state index in [0.717, 1.165) is 37.7 Å². The van der Waals surface area contributed by atoms with Crippen LogP contribution in [0.25, 0.3) is 0 Å². The molecule has 0 amide bonds. The number of aliphatic hydroxyl groups excluding tert-OH is 1. The molecule has 1 aliphatic rings. The summed E-state index contributed by atoms with van der Waals surface area (Å²) in [7, 11) is 0. The fourth-order valence-corrected chi connectivity index (χ4v) is 2.36. The summed E-state index contributed by atoms with van der Waals surface area (Å²) in [6.45, 7) is 7.94. The lowest BCUT2D eigenvalue weighted by molar-refractivity contribution is 0.128. The zero-order chi connectivity index (χ0) is 14.4. The number of aromatic nitrogens is 2. The van der Waals surface area contributed by atoms with Gasteiger partial charge in [-0.1, -0.05) is 0 Å². The number of hydrogen-bond acceptors (Lipinski definition) is 6. The first-order valence-electron chi connectivity index (χ1n) is 7.32. The van der Waals surface area contributed by atoms with Gasteiger partial charge in [-0.15, -0.1) is 0 Å². The summed E-state index contributed by atoms with van der Waals surface area (Å²) in [5.41, 5.74) is 0. The molecule has 2 rings (SSSR count). The molecule has 0 radical (unpaired) electrons. The maximum atomic E-state index is 9.25. The Morgan fingerprint density at radius 2 is 2.30 bits per heavy atom. The molecule has 2 heterocycles. The van der Waals surface area contributed by atoms with Crippen LogP contribution in [0.15, 0.2) is 6.07 Å². The molecule has 0 spiro atoms. The Labute approximate surface area is 120 Å². The van der Waals surface area contributed by atoms with Crippen LogP contribution in [0.5, 0.6) is 0 Å². The van der Waals surface area contributed by atoms with Crippen LogP contribution < -0.4 is 10.2 Å². The zero-order valence-electron chi connectivity index (χ0n) is 12.3. The van der Waals surface area contributed by atoms with Crippen molar-refractivity contribution in [3.8, 4) is 0 Å². The Bertz CT molecular complexity index is 428. The van der Waals surface area contributed by atoms with Crippen LogP contribution in [0.2, 0.25) is 0 Å². The van der Waals surface area contributed by atoms with E-state index in [1.54, 1.807) is 0 Å². The summed E-state index contributed by atoms with van der Waals surface area (Å²) < 4.78 is 5.40. The van der Waals surface area contributed by atoms with Gasteiger partial charge in [0.05, 0.1) is 0 Å². The van der Waals surface area contributed by atoms with Gasteiger partial charge in [-0.2, -0.15) is 0 Å². The van der Waals surface area contributed by atoms with Crippen molar-refractivity contribution in [2.45, 2.75) is 26.9 Å². The molecule has 1 aromatic rings. The molecule has 0 saturated carbocycles. The summed E-state index contributed by atoms with van der Waals surface area (Å²) >= 11 is 0. The predicted octanol–water partition coefficient (Wildman–Crippen LogP) is 1.26. The lowest BCUT2D eigenvalue weighted by atomic mass is 10.1. The Kier molecular flexibility index (Phi) is 5.55. The zero-order valence-corrected chi connectivity index (χ0v) is 12.3. The SMILES string of the molecule is CCNc1cc(N2CCC(CO)C2)nc(COCC)n1. The molecular weight excluding hydrogens is 256 g/mol. The molecule has 0 aliphatic carbocycles. The molecular formula is C14H24N4O2. The second-order valence-electron chi connectivity index (χ2n) is 4.98. The van der Waals surface area contributed by atoms with E-state index >= 15 is 0 Å². The van der Waals surface area contributed by atoms with Gasteiger partial charge in [0.1, 0.15) is 18.2 Å². The van der Waals surface area contributed by atoms with E-state index in [9.17, 15) is 5.11 Å². The van der Waals surface area contributed by atoms with Crippen molar-refractivity contribution in [1.29, 1.82) is 0 Å². The summed E-state index contributed by atoms with van der Waals surface area (Å²) in [6, 6.07) is 1.97. The molecule has 1 saturated heterocycles. The van der Waals surface area contributed by atoms with E-state index in [1.165, 1.54) is 0 Å². The molecule has 20 heavy (non-hydrogen) atoms. The van der Waals surface area contributed by atoms with E-state index in [1.807, 2.05) is 19.9 Å². The first kappa shape index (κ1) is 15.0. The molecule has 0 bridgehead atoms. The summed E-state index contributed by atoms with van der Waals surface area (Å²) in [5, 5.41) is 12.5. The minimum absolute atomic E-state index is 0.244. The summed E-state index contributed by atoms with van der Waals surface area (Å²) in [4.78, 5) is 11.2. The second-order valence-corrected chi connectivity index (χ2v) is 4.98. The van der Waals surface area contributed by atoms with Crippen LogP contribution in [0.4, 0.5) is 11.6 Å². The highest BCUT2D eigenvalue weighted by Gasteiger charge is 2.23. The third kappa shape index (κ3) is 3.80. The molecule has 2 N–H and O–H groups in total. The number of ether oxygens (including phenoxy) is 1. The first-order chi connectivity index (χ1) is 9.76. The second kappa shape index (κ2) is 7.40. The molecule has 6 nitrogen and oxygen atoms in total. The van der Waals surface area contributed by atoms with Crippen LogP contribution in [0, 0.1) is 5.92 Å². The molecule has 0 aromatic carbocycles. The number of nitrogens with zero attached hydrogens (tertiary/aromatic N) is 3. The van der Waals surface area contributed by atoms with Gasteiger partial charge in [0.15, 0.2) is 5.82 Å². The van der Waals surface area contributed by atoms with Crippen LogP contribution in [0.3, 0.4) is 0 Å². The first-order valence-corrected chi connectivity index (χ1v) is 7.32. The summed E-state index contributed by atoms with van der Waals surface area (Å²) in [5.74, 6) is 2.80. The number of hydrogen-bond donors (Lipinski definition) is 2. The van der Waals surface area contributed by atoms with Crippen molar-refractivity contribution in [2.75, 3.05) is 43.1 Å². The maximum Gasteiger partial charge on any atom is 0.158 e. The fourth-order valence-electron chi connectivity index (χ4n) is 2.36. The van der Waals surface area contributed by atoms with Crippen LogP contribution in [-0.2, 0) is 11.3 Å². The average molecular weight is 280 g/mol. The van der Waals surface area contributed by atoms with E-state index in [0.29, 0.717) is 25.0 Å². The van der Waals surface area contributed by atoms with Gasteiger partial charge in [-0.05, 0) is 20.3 Å². The predicted molar refractivity (Wildman–Crippen MR) is 78.9 cm³/mol. The minimum Gasteiger partial charge on any atom is -0.396 e. The van der Waals surface area contributed by atoms with E-state index in [-0.39, 0.29) is 6.61 Å².